The van der Waals surface area contributed by atoms with E-state index in [1.54, 1.807) is 32.3 Å². The van der Waals surface area contributed by atoms with Gasteiger partial charge in [-0.25, -0.2) is 9.80 Å². The van der Waals surface area contributed by atoms with Gasteiger partial charge in [-0.1, -0.05) is 12.1 Å². The van der Waals surface area contributed by atoms with E-state index in [2.05, 4.69) is 10.2 Å². The summed E-state index contributed by atoms with van der Waals surface area (Å²) < 4.78 is 21.8. The molecule has 11 nitrogen and oxygen atoms in total. The van der Waals surface area contributed by atoms with Crippen LogP contribution in [0, 0.1) is 0 Å². The van der Waals surface area contributed by atoms with Gasteiger partial charge in [0.15, 0.2) is 0 Å². The molecule has 0 saturated carbocycles. The Balaban J connectivity index is 1.62. The summed E-state index contributed by atoms with van der Waals surface area (Å²) in [6, 6.07) is 12.5. The molecule has 2 aliphatic heterocycles. The van der Waals surface area contributed by atoms with Crippen LogP contribution in [0.25, 0.3) is 0 Å². The number of amides is 3. The summed E-state index contributed by atoms with van der Waals surface area (Å²) in [5.41, 5.74) is 1.95. The number of nitrogens with zero attached hydrogens (tertiary/aromatic N) is 4. The molecule has 42 heavy (non-hydrogen) atoms. The Hall–Kier alpha value is -3.83. The Morgan fingerprint density at radius 1 is 1.00 bits per heavy atom. The van der Waals surface area contributed by atoms with Crippen molar-refractivity contribution in [1.29, 1.82) is 0 Å². The highest BCUT2D eigenvalue weighted by Crippen LogP contribution is 2.36. The maximum absolute atomic E-state index is 14.0. The fourth-order valence-electron chi connectivity index (χ4n) is 5.00. The Labute approximate surface area is 248 Å². The van der Waals surface area contributed by atoms with Crippen LogP contribution in [0.5, 0.6) is 17.2 Å². The van der Waals surface area contributed by atoms with Gasteiger partial charge in [0.25, 0.3) is 5.91 Å². The molecule has 3 amide bonds. The zero-order valence-electron chi connectivity index (χ0n) is 25.5. The maximum atomic E-state index is 14.0. The third-order valence-electron chi connectivity index (χ3n) is 7.27. The Bertz CT molecular complexity index is 1250. The van der Waals surface area contributed by atoms with E-state index in [-0.39, 0.29) is 24.5 Å². The Kier molecular flexibility index (Phi) is 10.3. The van der Waals surface area contributed by atoms with E-state index in [9.17, 15) is 9.59 Å². The molecule has 0 bridgehead atoms. The van der Waals surface area contributed by atoms with Crippen LogP contribution in [0.1, 0.15) is 44.4 Å². The van der Waals surface area contributed by atoms with Gasteiger partial charge in [0.2, 0.25) is 0 Å². The molecule has 1 fully saturated rings. The first-order valence-corrected chi connectivity index (χ1v) is 14.2. The smallest absolute Gasteiger partial charge is 0.318 e. The molecule has 2 heterocycles. The average molecular weight is 582 g/mol. The van der Waals surface area contributed by atoms with E-state index in [0.29, 0.717) is 49.9 Å². The maximum Gasteiger partial charge on any atom is 0.318 e. The fraction of sp³-hybridized carbons (Fsp3) is 0.516. The zero-order chi connectivity index (χ0) is 30.3. The van der Waals surface area contributed by atoms with Gasteiger partial charge in [-0.3, -0.25) is 9.69 Å². The second-order valence-corrected chi connectivity index (χ2v) is 11.4. The quantitative estimate of drug-likeness (QED) is 0.458. The normalized spacial score (nSPS) is 17.4. The molecule has 4 rings (SSSR count). The van der Waals surface area contributed by atoms with E-state index in [4.69, 9.17) is 24.0 Å². The molecule has 0 aliphatic carbocycles. The van der Waals surface area contributed by atoms with Crippen molar-refractivity contribution < 1.29 is 28.5 Å². The van der Waals surface area contributed by atoms with Gasteiger partial charge in [0, 0.05) is 49.8 Å². The summed E-state index contributed by atoms with van der Waals surface area (Å²) in [7, 11) is 4.81. The van der Waals surface area contributed by atoms with E-state index < -0.39 is 5.54 Å². The minimum Gasteiger partial charge on any atom is -0.497 e. The number of hydrogen-bond acceptors (Lipinski definition) is 8. The number of morpholine rings is 1. The van der Waals surface area contributed by atoms with Gasteiger partial charge in [0.1, 0.15) is 23.8 Å². The number of carbonyl (C=O) groups excluding carboxylic acids is 2. The highest BCUT2D eigenvalue weighted by molar-refractivity contribution is 6.05. The lowest BCUT2D eigenvalue weighted by Gasteiger charge is -2.32. The van der Waals surface area contributed by atoms with E-state index in [1.165, 1.54) is 5.01 Å². The second-order valence-electron chi connectivity index (χ2n) is 11.4. The number of benzene rings is 2. The van der Waals surface area contributed by atoms with Crippen LogP contribution in [-0.2, 0) is 9.53 Å². The number of hydrazone groups is 1. The van der Waals surface area contributed by atoms with Gasteiger partial charge < -0.3 is 29.2 Å². The highest BCUT2D eigenvalue weighted by Gasteiger charge is 2.36. The predicted octanol–water partition coefficient (Wildman–Crippen LogP) is 3.53. The number of rotatable bonds is 10. The molecule has 228 valence electrons. The van der Waals surface area contributed by atoms with Gasteiger partial charge >= 0.3 is 6.03 Å². The third kappa shape index (κ3) is 7.92. The molecule has 1 atom stereocenters. The largest absolute Gasteiger partial charge is 0.497 e. The van der Waals surface area contributed by atoms with Crippen molar-refractivity contribution in [3.8, 4) is 17.2 Å². The molecule has 2 aromatic carbocycles. The minimum atomic E-state index is -0.452. The van der Waals surface area contributed by atoms with Crippen LogP contribution in [0.2, 0.25) is 0 Å². The average Bonchev–Trinajstić information content (AvgIpc) is 3.44. The van der Waals surface area contributed by atoms with Crippen LogP contribution in [-0.4, -0.2) is 105 Å². The lowest BCUT2D eigenvalue weighted by molar-refractivity contribution is -0.133. The molecule has 0 unspecified atom stereocenters. The highest BCUT2D eigenvalue weighted by atomic mass is 16.5. The lowest BCUT2D eigenvalue weighted by Crippen LogP contribution is -2.53. The minimum absolute atomic E-state index is 0.116. The molecule has 0 spiro atoms. The first-order chi connectivity index (χ1) is 20.1. The standard InChI is InChI=1S/C31H43N5O6/c1-31(2,3)32-30(38)35(14-13-34-15-17-42-18-16-34)21-29(37)36-27(22-7-9-23(39-4)10-8-22)20-26(33-36)25-12-11-24(40-5)19-28(25)41-6/h7-12,19,27H,13-18,20-21H2,1-6H3,(H,32,38)/t27-/m1/s1. The second kappa shape index (κ2) is 13.9. The van der Waals surface area contributed by atoms with Crippen LogP contribution in [0.3, 0.4) is 0 Å². The summed E-state index contributed by atoms with van der Waals surface area (Å²) in [6.07, 6.45) is 0.475. The molecule has 0 radical (unpaired) electrons. The van der Waals surface area contributed by atoms with Crippen molar-refractivity contribution in [3.63, 3.8) is 0 Å². The van der Waals surface area contributed by atoms with Gasteiger partial charge in [-0.05, 0) is 50.6 Å². The molecule has 2 aromatic rings. The fourth-order valence-corrected chi connectivity index (χ4v) is 5.00. The number of nitrogens with one attached hydrogen (secondary N) is 1. The first-order valence-electron chi connectivity index (χ1n) is 14.2. The monoisotopic (exact) mass is 581 g/mol. The number of hydrogen-bond donors (Lipinski definition) is 1. The summed E-state index contributed by atoms with van der Waals surface area (Å²) in [5, 5.41) is 9.34. The van der Waals surface area contributed by atoms with Crippen LogP contribution < -0.4 is 19.5 Å². The summed E-state index contributed by atoms with van der Waals surface area (Å²) in [5.74, 6) is 1.72. The van der Waals surface area contributed by atoms with Gasteiger partial charge in [-0.2, -0.15) is 5.10 Å². The number of ether oxygens (including phenoxy) is 4. The molecule has 1 N–H and O–H groups in total. The number of carbonyl (C=O) groups is 2. The summed E-state index contributed by atoms with van der Waals surface area (Å²) >= 11 is 0. The molecular formula is C31H43N5O6. The van der Waals surface area contributed by atoms with Crippen molar-refractivity contribution in [2.24, 2.45) is 5.10 Å². The van der Waals surface area contributed by atoms with Crippen LogP contribution in [0.4, 0.5) is 4.79 Å². The number of methoxy groups -OCH3 is 3. The molecule has 2 aliphatic rings. The van der Waals surface area contributed by atoms with E-state index in [1.807, 2.05) is 57.2 Å². The Morgan fingerprint density at radius 2 is 1.67 bits per heavy atom. The molecular weight excluding hydrogens is 538 g/mol. The van der Waals surface area contributed by atoms with Crippen molar-refractivity contribution >= 4 is 17.6 Å². The third-order valence-corrected chi connectivity index (χ3v) is 7.27. The zero-order valence-corrected chi connectivity index (χ0v) is 25.5. The topological polar surface area (TPSA) is 105 Å². The summed E-state index contributed by atoms with van der Waals surface area (Å²) in [6.45, 7) is 9.62. The van der Waals surface area contributed by atoms with Crippen molar-refractivity contribution in [3.05, 3.63) is 53.6 Å². The Morgan fingerprint density at radius 3 is 2.29 bits per heavy atom. The SMILES string of the molecule is COc1ccc([C@H]2CC(c3ccc(OC)cc3OC)=NN2C(=O)CN(CCN2CCOCC2)C(=O)NC(C)(C)C)cc1. The van der Waals surface area contributed by atoms with Crippen molar-refractivity contribution in [2.45, 2.75) is 38.8 Å². The van der Waals surface area contributed by atoms with E-state index in [0.717, 1.165) is 30.0 Å². The van der Waals surface area contributed by atoms with Crippen LogP contribution in [0.15, 0.2) is 47.6 Å². The number of urea groups is 1. The predicted molar refractivity (Wildman–Crippen MR) is 160 cm³/mol. The summed E-state index contributed by atoms with van der Waals surface area (Å²) in [4.78, 5) is 31.2. The molecule has 0 aromatic heterocycles. The molecule has 1 saturated heterocycles. The van der Waals surface area contributed by atoms with Crippen molar-refractivity contribution in [2.75, 3.05) is 67.3 Å². The lowest BCUT2D eigenvalue weighted by atomic mass is 9.97. The first kappa shape index (κ1) is 31.1. The van der Waals surface area contributed by atoms with E-state index >= 15 is 0 Å². The van der Waals surface area contributed by atoms with Gasteiger partial charge in [0.05, 0.1) is 46.3 Å². The van der Waals surface area contributed by atoms with Gasteiger partial charge in [-0.15, -0.1) is 0 Å². The van der Waals surface area contributed by atoms with Crippen LogP contribution >= 0.6 is 0 Å². The van der Waals surface area contributed by atoms with Crippen molar-refractivity contribution in [1.82, 2.24) is 20.1 Å². The molecule has 11 heteroatoms.